The molecule has 1 aromatic carbocycles. The number of halogens is 3. The summed E-state index contributed by atoms with van der Waals surface area (Å²) in [5, 5.41) is 0. The van der Waals surface area contributed by atoms with E-state index in [1.807, 2.05) is 0 Å². The van der Waals surface area contributed by atoms with Gasteiger partial charge in [0.15, 0.2) is 0 Å². The number of carbonyl (C=O) groups excluding carboxylic acids is 2. The first kappa shape index (κ1) is 18.3. The molecular formula is C17H21F3N2O2. The van der Waals surface area contributed by atoms with Crippen molar-refractivity contribution >= 4 is 17.5 Å². The highest BCUT2D eigenvalue weighted by Gasteiger charge is 2.31. The summed E-state index contributed by atoms with van der Waals surface area (Å²) in [5.74, 6) is -0.149. The minimum absolute atomic E-state index is 0.0797. The zero-order chi connectivity index (χ0) is 17.9. The molecule has 4 nitrogen and oxygen atoms in total. The Morgan fingerprint density at radius 3 is 2.42 bits per heavy atom. The average Bonchev–Trinajstić information content (AvgIpc) is 2.52. The van der Waals surface area contributed by atoms with E-state index in [1.54, 1.807) is 4.90 Å². The third kappa shape index (κ3) is 4.49. The van der Waals surface area contributed by atoms with Gasteiger partial charge in [0.2, 0.25) is 11.8 Å². The highest BCUT2D eigenvalue weighted by Crippen LogP contribution is 2.31. The van der Waals surface area contributed by atoms with Gasteiger partial charge < -0.3 is 9.80 Å². The van der Waals surface area contributed by atoms with Gasteiger partial charge in [-0.3, -0.25) is 9.59 Å². The molecule has 7 heteroatoms. The number of rotatable bonds is 3. The molecule has 0 saturated carbocycles. The number of hydrogen-bond acceptors (Lipinski definition) is 2. The van der Waals surface area contributed by atoms with E-state index in [9.17, 15) is 22.8 Å². The van der Waals surface area contributed by atoms with Crippen molar-refractivity contribution in [2.75, 3.05) is 24.5 Å². The zero-order valence-corrected chi connectivity index (χ0v) is 13.8. The van der Waals surface area contributed by atoms with Crippen LogP contribution in [0.15, 0.2) is 24.3 Å². The Bertz CT molecular complexity index is 608. The molecular weight excluding hydrogens is 321 g/mol. The second-order valence-corrected chi connectivity index (χ2v) is 6.22. The quantitative estimate of drug-likeness (QED) is 0.845. The monoisotopic (exact) mass is 342 g/mol. The summed E-state index contributed by atoms with van der Waals surface area (Å²) in [4.78, 5) is 27.0. The van der Waals surface area contributed by atoms with E-state index < -0.39 is 17.6 Å². The molecule has 2 rings (SSSR count). The van der Waals surface area contributed by atoms with Crippen LogP contribution >= 0.6 is 0 Å². The summed E-state index contributed by atoms with van der Waals surface area (Å²) in [6.07, 6.45) is -2.70. The molecule has 0 unspecified atom stereocenters. The normalized spacial score (nSPS) is 16.1. The average molecular weight is 342 g/mol. The van der Waals surface area contributed by atoms with Crippen LogP contribution in [0.2, 0.25) is 0 Å². The van der Waals surface area contributed by atoms with Gasteiger partial charge in [0.25, 0.3) is 0 Å². The molecule has 132 valence electrons. The molecule has 0 spiro atoms. The Morgan fingerprint density at radius 2 is 1.88 bits per heavy atom. The van der Waals surface area contributed by atoms with Gasteiger partial charge in [0.05, 0.1) is 5.56 Å². The lowest BCUT2D eigenvalue weighted by molar-refractivity contribution is -0.137. The molecule has 0 bridgehead atoms. The predicted molar refractivity (Wildman–Crippen MR) is 84.4 cm³/mol. The van der Waals surface area contributed by atoms with Crippen LogP contribution in [-0.4, -0.2) is 36.3 Å². The van der Waals surface area contributed by atoms with E-state index in [0.717, 1.165) is 29.9 Å². The number of amides is 2. The van der Waals surface area contributed by atoms with Crippen LogP contribution in [0, 0.1) is 5.92 Å². The summed E-state index contributed by atoms with van der Waals surface area (Å²) in [6, 6.07) is 4.48. The van der Waals surface area contributed by atoms with E-state index in [1.165, 1.54) is 19.1 Å². The topological polar surface area (TPSA) is 40.6 Å². The highest BCUT2D eigenvalue weighted by atomic mass is 19.4. The number of anilines is 1. The first-order valence-electron chi connectivity index (χ1n) is 7.91. The lowest BCUT2D eigenvalue weighted by atomic mass is 9.99. The maximum atomic E-state index is 12.8. The van der Waals surface area contributed by atoms with Crippen LogP contribution in [0.25, 0.3) is 0 Å². The van der Waals surface area contributed by atoms with Gasteiger partial charge in [0.1, 0.15) is 6.54 Å². The molecule has 1 aromatic rings. The summed E-state index contributed by atoms with van der Waals surface area (Å²) in [7, 11) is 0. The van der Waals surface area contributed by atoms with Gasteiger partial charge in [-0.15, -0.1) is 0 Å². The largest absolute Gasteiger partial charge is 0.416 e. The maximum absolute atomic E-state index is 12.8. The number of nitrogens with zero attached hydrogens (tertiary/aromatic N) is 2. The predicted octanol–water partition coefficient (Wildman–Crippen LogP) is 3.32. The van der Waals surface area contributed by atoms with Gasteiger partial charge in [-0.25, -0.2) is 0 Å². The van der Waals surface area contributed by atoms with Gasteiger partial charge in [-0.1, -0.05) is 13.0 Å². The van der Waals surface area contributed by atoms with Gasteiger partial charge in [-0.05, 0) is 37.0 Å². The van der Waals surface area contributed by atoms with Gasteiger partial charge in [0, 0.05) is 25.7 Å². The fourth-order valence-electron chi connectivity index (χ4n) is 2.73. The Labute approximate surface area is 139 Å². The fraction of sp³-hybridized carbons (Fsp3) is 0.529. The lowest BCUT2D eigenvalue weighted by Gasteiger charge is -2.32. The van der Waals surface area contributed by atoms with Crippen molar-refractivity contribution in [3.63, 3.8) is 0 Å². The molecule has 1 saturated heterocycles. The third-order valence-corrected chi connectivity index (χ3v) is 4.29. The molecule has 24 heavy (non-hydrogen) atoms. The first-order chi connectivity index (χ1) is 11.2. The summed E-state index contributed by atoms with van der Waals surface area (Å²) in [5.41, 5.74) is -0.762. The molecule has 0 N–H and O–H groups in total. The number of likely N-dealkylation sites (tertiary alicyclic amines) is 1. The molecule has 0 atom stereocenters. The number of piperidine rings is 1. The van der Waals surface area contributed by atoms with Crippen LogP contribution in [0.5, 0.6) is 0 Å². The Balaban J connectivity index is 2.15. The third-order valence-electron chi connectivity index (χ3n) is 4.29. The Hall–Kier alpha value is -2.05. The van der Waals surface area contributed by atoms with Crippen LogP contribution in [0.4, 0.5) is 18.9 Å². The smallest absolute Gasteiger partial charge is 0.341 e. The summed E-state index contributed by atoms with van der Waals surface area (Å²) >= 11 is 0. The van der Waals surface area contributed by atoms with Crippen molar-refractivity contribution in [1.29, 1.82) is 0 Å². The Kier molecular flexibility index (Phi) is 5.51. The van der Waals surface area contributed by atoms with Crippen molar-refractivity contribution in [2.45, 2.75) is 32.9 Å². The SMILES string of the molecule is CC(=O)N(CC(=O)N1CCC(C)CC1)c1cccc(C(F)(F)F)c1. The highest BCUT2D eigenvalue weighted by molar-refractivity contribution is 5.97. The van der Waals surface area contributed by atoms with E-state index >= 15 is 0 Å². The number of hydrogen-bond donors (Lipinski definition) is 0. The van der Waals surface area contributed by atoms with Gasteiger partial charge in [-0.2, -0.15) is 13.2 Å². The molecule has 1 fully saturated rings. The number of alkyl halides is 3. The molecule has 1 aliphatic rings. The van der Waals surface area contributed by atoms with Crippen molar-refractivity contribution < 1.29 is 22.8 Å². The molecule has 2 amide bonds. The minimum Gasteiger partial charge on any atom is -0.341 e. The lowest BCUT2D eigenvalue weighted by Crippen LogP contribution is -2.45. The molecule has 1 aliphatic heterocycles. The first-order valence-corrected chi connectivity index (χ1v) is 7.91. The minimum atomic E-state index is -4.49. The number of carbonyl (C=O) groups is 2. The van der Waals surface area contributed by atoms with Crippen LogP contribution in [0.1, 0.15) is 32.3 Å². The standard InChI is InChI=1S/C17H21F3N2O2/c1-12-6-8-21(9-7-12)16(24)11-22(13(2)23)15-5-3-4-14(10-15)17(18,19)20/h3-5,10,12H,6-9,11H2,1-2H3. The van der Waals surface area contributed by atoms with Crippen molar-refractivity contribution in [2.24, 2.45) is 5.92 Å². The van der Waals surface area contributed by atoms with E-state index in [0.29, 0.717) is 19.0 Å². The van der Waals surface area contributed by atoms with Crippen molar-refractivity contribution in [1.82, 2.24) is 4.90 Å². The molecule has 0 aliphatic carbocycles. The van der Waals surface area contributed by atoms with Gasteiger partial charge >= 0.3 is 6.18 Å². The molecule has 0 radical (unpaired) electrons. The van der Waals surface area contributed by atoms with Crippen LogP contribution < -0.4 is 4.90 Å². The fourth-order valence-corrected chi connectivity index (χ4v) is 2.73. The summed E-state index contributed by atoms with van der Waals surface area (Å²) in [6.45, 7) is 4.35. The molecule has 0 aromatic heterocycles. The second-order valence-electron chi connectivity index (χ2n) is 6.22. The molecule has 1 heterocycles. The van der Waals surface area contributed by atoms with E-state index in [2.05, 4.69) is 6.92 Å². The summed E-state index contributed by atoms with van der Waals surface area (Å²) < 4.78 is 38.5. The van der Waals surface area contributed by atoms with Crippen LogP contribution in [0.3, 0.4) is 0 Å². The maximum Gasteiger partial charge on any atom is 0.416 e. The Morgan fingerprint density at radius 1 is 1.25 bits per heavy atom. The van der Waals surface area contributed by atoms with E-state index in [-0.39, 0.29) is 18.1 Å². The number of benzene rings is 1. The van der Waals surface area contributed by atoms with Crippen molar-refractivity contribution in [3.05, 3.63) is 29.8 Å². The van der Waals surface area contributed by atoms with Crippen LogP contribution in [-0.2, 0) is 15.8 Å². The van der Waals surface area contributed by atoms with E-state index in [4.69, 9.17) is 0 Å². The van der Waals surface area contributed by atoms with Crippen molar-refractivity contribution in [3.8, 4) is 0 Å². The second kappa shape index (κ2) is 7.23. The zero-order valence-electron chi connectivity index (χ0n) is 13.8.